The Kier molecular flexibility index (Phi) is 5.90. The Morgan fingerprint density at radius 3 is 2.48 bits per heavy atom. The molecule has 1 fully saturated rings. The van der Waals surface area contributed by atoms with Crippen LogP contribution < -0.4 is 10.2 Å². The van der Waals surface area contributed by atoms with Crippen LogP contribution in [0.2, 0.25) is 10.0 Å². The maximum atomic E-state index is 6.19. The summed E-state index contributed by atoms with van der Waals surface area (Å²) in [6.07, 6.45) is 0. The van der Waals surface area contributed by atoms with Crippen LogP contribution in [0.15, 0.2) is 42.5 Å². The highest BCUT2D eigenvalue weighted by Gasteiger charge is 2.22. The molecule has 2 aromatic carbocycles. The summed E-state index contributed by atoms with van der Waals surface area (Å²) in [5.74, 6) is 0. The van der Waals surface area contributed by atoms with Crippen molar-refractivity contribution in [2.24, 2.45) is 0 Å². The van der Waals surface area contributed by atoms with Crippen molar-refractivity contribution in [1.29, 1.82) is 0 Å². The van der Waals surface area contributed by atoms with Crippen molar-refractivity contribution in [2.45, 2.75) is 25.9 Å². The van der Waals surface area contributed by atoms with Crippen molar-refractivity contribution in [2.75, 3.05) is 31.2 Å². The third-order valence-corrected chi connectivity index (χ3v) is 5.44. The Balaban J connectivity index is 1.75. The average molecular weight is 379 g/mol. The molecule has 0 atom stereocenters. The molecule has 0 bridgehead atoms. The Labute approximate surface area is 159 Å². The third kappa shape index (κ3) is 4.48. The molecule has 3 nitrogen and oxygen atoms in total. The molecular formula is C20H24Cl2N2O. The largest absolute Gasteiger partial charge is 0.378 e. The summed E-state index contributed by atoms with van der Waals surface area (Å²) in [6.45, 7) is 8.54. The smallest absolute Gasteiger partial charge is 0.0642 e. The molecule has 0 amide bonds. The number of benzene rings is 2. The molecule has 1 aliphatic heterocycles. The number of nitrogens with one attached hydrogen (secondary N) is 1. The molecule has 2 aromatic rings. The topological polar surface area (TPSA) is 24.5 Å². The first kappa shape index (κ1) is 18.5. The van der Waals surface area contributed by atoms with E-state index >= 15 is 0 Å². The van der Waals surface area contributed by atoms with E-state index in [4.69, 9.17) is 27.9 Å². The van der Waals surface area contributed by atoms with E-state index in [9.17, 15) is 0 Å². The summed E-state index contributed by atoms with van der Waals surface area (Å²) in [4.78, 5) is 2.40. The van der Waals surface area contributed by atoms with Gasteiger partial charge in [-0.05, 0) is 43.2 Å². The maximum absolute atomic E-state index is 6.19. The van der Waals surface area contributed by atoms with E-state index in [0.717, 1.165) is 38.4 Å². The minimum absolute atomic E-state index is 0.216. The minimum Gasteiger partial charge on any atom is -0.378 e. The van der Waals surface area contributed by atoms with Crippen molar-refractivity contribution in [1.82, 2.24) is 5.32 Å². The summed E-state index contributed by atoms with van der Waals surface area (Å²) < 4.78 is 5.47. The quantitative estimate of drug-likeness (QED) is 0.804. The lowest BCUT2D eigenvalue weighted by Gasteiger charge is -2.32. The fourth-order valence-corrected chi connectivity index (χ4v) is 3.37. The molecule has 1 aliphatic rings. The van der Waals surface area contributed by atoms with Gasteiger partial charge in [0.1, 0.15) is 0 Å². The van der Waals surface area contributed by atoms with Crippen LogP contribution >= 0.6 is 23.2 Å². The van der Waals surface area contributed by atoms with Crippen LogP contribution in [0.1, 0.15) is 25.0 Å². The van der Waals surface area contributed by atoms with Crippen molar-refractivity contribution < 1.29 is 4.74 Å². The van der Waals surface area contributed by atoms with Gasteiger partial charge in [-0.1, -0.05) is 47.5 Å². The van der Waals surface area contributed by atoms with Crippen LogP contribution in [-0.2, 0) is 16.8 Å². The van der Waals surface area contributed by atoms with Gasteiger partial charge in [0.2, 0.25) is 0 Å². The highest BCUT2D eigenvalue weighted by molar-refractivity contribution is 6.42. The van der Waals surface area contributed by atoms with Gasteiger partial charge in [-0.25, -0.2) is 0 Å². The van der Waals surface area contributed by atoms with E-state index in [1.165, 1.54) is 11.3 Å². The Morgan fingerprint density at radius 1 is 1.04 bits per heavy atom. The highest BCUT2D eigenvalue weighted by Crippen LogP contribution is 2.29. The Bertz CT molecular complexity index is 727. The fourth-order valence-electron chi connectivity index (χ4n) is 3.08. The summed E-state index contributed by atoms with van der Waals surface area (Å²) in [6, 6.07) is 14.4. The van der Waals surface area contributed by atoms with Gasteiger partial charge in [-0.2, -0.15) is 0 Å². The highest BCUT2D eigenvalue weighted by atomic mass is 35.5. The predicted octanol–water partition coefficient (Wildman–Crippen LogP) is 4.85. The van der Waals surface area contributed by atoms with Gasteiger partial charge >= 0.3 is 0 Å². The first-order chi connectivity index (χ1) is 12.0. The standard InChI is InChI=1S/C20H24Cl2N2O/c1-20(2,16-7-8-17(21)18(22)13-16)23-14-15-5-3-4-6-19(15)24-9-11-25-12-10-24/h3-8,13,23H,9-12,14H2,1-2H3. The number of anilines is 1. The number of halogens is 2. The number of rotatable bonds is 5. The molecule has 0 unspecified atom stereocenters. The van der Waals surface area contributed by atoms with E-state index in [-0.39, 0.29) is 5.54 Å². The van der Waals surface area contributed by atoms with Gasteiger partial charge in [-0.15, -0.1) is 0 Å². The minimum atomic E-state index is -0.216. The molecule has 0 saturated carbocycles. The molecule has 1 saturated heterocycles. The lowest BCUT2D eigenvalue weighted by Crippen LogP contribution is -2.39. The molecule has 0 spiro atoms. The molecule has 0 radical (unpaired) electrons. The molecule has 1 heterocycles. The van der Waals surface area contributed by atoms with Gasteiger partial charge < -0.3 is 15.0 Å². The first-order valence-corrected chi connectivity index (χ1v) is 9.34. The van der Waals surface area contributed by atoms with E-state index < -0.39 is 0 Å². The molecule has 0 aliphatic carbocycles. The van der Waals surface area contributed by atoms with Gasteiger partial charge in [0, 0.05) is 30.9 Å². The maximum Gasteiger partial charge on any atom is 0.0642 e. The van der Waals surface area contributed by atoms with E-state index in [1.807, 2.05) is 18.2 Å². The van der Waals surface area contributed by atoms with Crippen LogP contribution in [0.3, 0.4) is 0 Å². The SMILES string of the molecule is CC(C)(NCc1ccccc1N1CCOCC1)c1ccc(Cl)c(Cl)c1. The third-order valence-electron chi connectivity index (χ3n) is 4.71. The van der Waals surface area contributed by atoms with Crippen LogP contribution in [0.4, 0.5) is 5.69 Å². The summed E-state index contributed by atoms with van der Waals surface area (Å²) in [5, 5.41) is 4.83. The molecule has 0 aromatic heterocycles. The number of hydrogen-bond acceptors (Lipinski definition) is 3. The van der Waals surface area contributed by atoms with Crippen molar-refractivity contribution >= 4 is 28.9 Å². The summed E-state index contributed by atoms with van der Waals surface area (Å²) in [7, 11) is 0. The zero-order chi connectivity index (χ0) is 17.9. The van der Waals surface area contributed by atoms with Gasteiger partial charge in [0.25, 0.3) is 0 Å². The predicted molar refractivity (Wildman–Crippen MR) is 106 cm³/mol. The van der Waals surface area contributed by atoms with Crippen LogP contribution in [0.5, 0.6) is 0 Å². The second kappa shape index (κ2) is 7.96. The summed E-state index contributed by atoms with van der Waals surface area (Å²) in [5.41, 5.74) is 3.47. The molecule has 5 heteroatoms. The van der Waals surface area contributed by atoms with Gasteiger partial charge in [0.05, 0.1) is 23.3 Å². The second-order valence-corrected chi connectivity index (χ2v) is 7.65. The van der Waals surface area contributed by atoms with Gasteiger partial charge in [-0.3, -0.25) is 0 Å². The molecule has 3 rings (SSSR count). The van der Waals surface area contributed by atoms with Crippen molar-refractivity contribution in [3.63, 3.8) is 0 Å². The average Bonchev–Trinajstić information content (AvgIpc) is 2.63. The Morgan fingerprint density at radius 2 is 1.76 bits per heavy atom. The fraction of sp³-hybridized carbons (Fsp3) is 0.400. The first-order valence-electron chi connectivity index (χ1n) is 8.58. The number of para-hydroxylation sites is 1. The second-order valence-electron chi connectivity index (χ2n) is 6.84. The normalized spacial score (nSPS) is 15.4. The lowest BCUT2D eigenvalue weighted by molar-refractivity contribution is 0.122. The molecular weight excluding hydrogens is 355 g/mol. The van der Waals surface area contributed by atoms with Crippen molar-refractivity contribution in [3.8, 4) is 0 Å². The number of ether oxygens (including phenoxy) is 1. The van der Waals surface area contributed by atoms with Crippen LogP contribution in [0, 0.1) is 0 Å². The number of morpholine rings is 1. The van der Waals surface area contributed by atoms with Crippen molar-refractivity contribution in [3.05, 3.63) is 63.6 Å². The van der Waals surface area contributed by atoms with E-state index in [1.54, 1.807) is 0 Å². The molecule has 134 valence electrons. The zero-order valence-electron chi connectivity index (χ0n) is 14.7. The lowest BCUT2D eigenvalue weighted by atomic mass is 9.94. The van der Waals surface area contributed by atoms with E-state index in [0.29, 0.717) is 10.0 Å². The molecule has 1 N–H and O–H groups in total. The van der Waals surface area contributed by atoms with Crippen LogP contribution in [-0.4, -0.2) is 26.3 Å². The summed E-state index contributed by atoms with van der Waals surface area (Å²) >= 11 is 12.2. The monoisotopic (exact) mass is 378 g/mol. The molecule has 25 heavy (non-hydrogen) atoms. The Hall–Kier alpha value is -1.26. The number of nitrogens with zero attached hydrogens (tertiary/aromatic N) is 1. The van der Waals surface area contributed by atoms with Crippen LogP contribution in [0.25, 0.3) is 0 Å². The van der Waals surface area contributed by atoms with Gasteiger partial charge in [0.15, 0.2) is 0 Å². The zero-order valence-corrected chi connectivity index (χ0v) is 16.2. The van der Waals surface area contributed by atoms with E-state index in [2.05, 4.69) is 48.3 Å². The number of hydrogen-bond donors (Lipinski definition) is 1.